The molecule has 1 aliphatic heterocycles. The first kappa shape index (κ1) is 9.93. The quantitative estimate of drug-likeness (QED) is 0.822. The summed E-state index contributed by atoms with van der Waals surface area (Å²) in [5, 5.41) is 3.45. The molecule has 0 radical (unpaired) electrons. The van der Waals surface area contributed by atoms with Gasteiger partial charge in [0, 0.05) is 40.5 Å². The number of hydrogen-bond acceptors (Lipinski definition) is 3. The molecule has 78 valence electrons. The Labute approximate surface area is 86.3 Å². The number of nitrogens with one attached hydrogen (secondary N) is 1. The van der Waals surface area contributed by atoms with Crippen molar-refractivity contribution in [2.45, 2.75) is 25.4 Å². The summed E-state index contributed by atoms with van der Waals surface area (Å²) < 4.78 is 16.1. The fraction of sp³-hybridized carbons (Fsp3) is 0.600. The number of hydrogen-bond donors (Lipinski definition) is 1. The zero-order chi connectivity index (χ0) is 9.80. The van der Waals surface area contributed by atoms with E-state index in [2.05, 4.69) is 5.32 Å². The Balaban J connectivity index is 1.73. The van der Waals surface area contributed by atoms with Gasteiger partial charge >= 0.3 is 0 Å². The Morgan fingerprint density at radius 1 is 1.50 bits per heavy atom. The summed E-state index contributed by atoms with van der Waals surface area (Å²) in [5.41, 5.74) is 1.18. The molecule has 1 aliphatic rings. The fourth-order valence-corrected chi connectivity index (χ4v) is 2.95. The standard InChI is InChI=1S/C10H15NO2S/c12-14-5-2-10(3-6-14)11-7-9-1-4-13-8-9/h1,4,8,10-11H,2-3,5-7H2. The Morgan fingerprint density at radius 2 is 2.29 bits per heavy atom. The highest BCUT2D eigenvalue weighted by Gasteiger charge is 2.16. The average Bonchev–Trinajstić information content (AvgIpc) is 2.70. The van der Waals surface area contributed by atoms with Crippen LogP contribution in [0.4, 0.5) is 0 Å². The summed E-state index contributed by atoms with van der Waals surface area (Å²) in [4.78, 5) is 0. The van der Waals surface area contributed by atoms with E-state index in [4.69, 9.17) is 4.42 Å². The van der Waals surface area contributed by atoms with Gasteiger partial charge in [0.1, 0.15) is 0 Å². The topological polar surface area (TPSA) is 42.2 Å². The lowest BCUT2D eigenvalue weighted by Gasteiger charge is -2.22. The second-order valence-electron chi connectivity index (χ2n) is 3.63. The molecule has 1 N–H and O–H groups in total. The molecule has 0 aromatic carbocycles. The van der Waals surface area contributed by atoms with Crippen LogP contribution in [-0.4, -0.2) is 21.8 Å². The van der Waals surface area contributed by atoms with Crippen molar-refractivity contribution in [2.75, 3.05) is 11.5 Å². The third-order valence-corrected chi connectivity index (χ3v) is 3.95. The molecule has 1 aromatic rings. The van der Waals surface area contributed by atoms with Gasteiger partial charge < -0.3 is 9.73 Å². The first-order valence-corrected chi connectivity index (χ1v) is 6.43. The van der Waals surface area contributed by atoms with Gasteiger partial charge in [-0.25, -0.2) is 0 Å². The van der Waals surface area contributed by atoms with Crippen molar-refractivity contribution in [2.24, 2.45) is 0 Å². The summed E-state index contributed by atoms with van der Waals surface area (Å²) in [6.45, 7) is 0.855. The molecule has 2 heterocycles. The highest BCUT2D eigenvalue weighted by molar-refractivity contribution is 7.85. The highest BCUT2D eigenvalue weighted by Crippen LogP contribution is 2.10. The lowest BCUT2D eigenvalue weighted by Crippen LogP contribution is -2.35. The van der Waals surface area contributed by atoms with E-state index in [1.165, 1.54) is 5.56 Å². The summed E-state index contributed by atoms with van der Waals surface area (Å²) in [5.74, 6) is 1.70. The van der Waals surface area contributed by atoms with Gasteiger partial charge in [-0.1, -0.05) is 0 Å². The van der Waals surface area contributed by atoms with E-state index in [0.717, 1.165) is 30.9 Å². The second kappa shape index (κ2) is 4.75. The van der Waals surface area contributed by atoms with Crippen LogP contribution in [0.15, 0.2) is 23.0 Å². The van der Waals surface area contributed by atoms with Crippen LogP contribution in [0.25, 0.3) is 0 Å². The molecule has 1 saturated heterocycles. The van der Waals surface area contributed by atoms with Crippen LogP contribution in [0.5, 0.6) is 0 Å². The van der Waals surface area contributed by atoms with Crippen molar-refractivity contribution < 1.29 is 8.63 Å². The van der Waals surface area contributed by atoms with Crippen LogP contribution >= 0.6 is 0 Å². The predicted octanol–water partition coefficient (Wildman–Crippen LogP) is 1.28. The Morgan fingerprint density at radius 3 is 2.93 bits per heavy atom. The summed E-state index contributed by atoms with van der Waals surface area (Å²) in [7, 11) is -0.560. The Bertz CT molecular complexity index is 287. The average molecular weight is 213 g/mol. The van der Waals surface area contributed by atoms with Crippen molar-refractivity contribution >= 4 is 10.8 Å². The van der Waals surface area contributed by atoms with Crippen LogP contribution < -0.4 is 5.32 Å². The van der Waals surface area contributed by atoms with E-state index in [0.29, 0.717) is 6.04 Å². The molecule has 0 saturated carbocycles. The van der Waals surface area contributed by atoms with E-state index in [9.17, 15) is 4.21 Å². The Kier molecular flexibility index (Phi) is 3.37. The van der Waals surface area contributed by atoms with Crippen LogP contribution in [0.3, 0.4) is 0 Å². The van der Waals surface area contributed by atoms with E-state index >= 15 is 0 Å². The monoisotopic (exact) mass is 213 g/mol. The smallest absolute Gasteiger partial charge is 0.0947 e. The third kappa shape index (κ3) is 2.69. The Hall–Kier alpha value is -0.610. The highest BCUT2D eigenvalue weighted by atomic mass is 32.2. The molecule has 0 amide bonds. The number of furan rings is 1. The molecule has 1 aromatic heterocycles. The fourth-order valence-electron chi connectivity index (χ4n) is 1.65. The van der Waals surface area contributed by atoms with Gasteiger partial charge in [0.05, 0.1) is 12.5 Å². The van der Waals surface area contributed by atoms with E-state index in [-0.39, 0.29) is 0 Å². The van der Waals surface area contributed by atoms with Crippen LogP contribution in [0, 0.1) is 0 Å². The molecule has 0 spiro atoms. The summed E-state index contributed by atoms with van der Waals surface area (Å²) in [6, 6.07) is 2.50. The zero-order valence-corrected chi connectivity index (χ0v) is 8.89. The minimum atomic E-state index is -0.560. The SMILES string of the molecule is O=S1CCC(NCc2ccoc2)CC1. The normalized spacial score (nSPS) is 27.7. The maximum absolute atomic E-state index is 11.1. The van der Waals surface area contributed by atoms with Gasteiger partial charge in [-0.3, -0.25) is 4.21 Å². The van der Waals surface area contributed by atoms with Crippen molar-refractivity contribution in [3.8, 4) is 0 Å². The van der Waals surface area contributed by atoms with Crippen molar-refractivity contribution in [1.82, 2.24) is 5.32 Å². The van der Waals surface area contributed by atoms with Gasteiger partial charge in [0.25, 0.3) is 0 Å². The molecular formula is C10H15NO2S. The molecule has 0 aliphatic carbocycles. The first-order valence-electron chi connectivity index (χ1n) is 4.94. The lowest BCUT2D eigenvalue weighted by molar-refractivity contribution is 0.472. The summed E-state index contributed by atoms with van der Waals surface area (Å²) in [6.07, 6.45) is 5.51. The summed E-state index contributed by atoms with van der Waals surface area (Å²) >= 11 is 0. The van der Waals surface area contributed by atoms with Gasteiger partial charge in [-0.15, -0.1) is 0 Å². The molecular weight excluding hydrogens is 198 g/mol. The van der Waals surface area contributed by atoms with Gasteiger partial charge in [-0.05, 0) is 18.9 Å². The maximum atomic E-state index is 11.1. The van der Waals surface area contributed by atoms with E-state index in [1.54, 1.807) is 12.5 Å². The van der Waals surface area contributed by atoms with Crippen LogP contribution in [0.1, 0.15) is 18.4 Å². The third-order valence-electron chi connectivity index (χ3n) is 2.56. The molecule has 1 fully saturated rings. The molecule has 14 heavy (non-hydrogen) atoms. The molecule has 0 bridgehead atoms. The minimum absolute atomic E-state index is 0.530. The lowest BCUT2D eigenvalue weighted by atomic mass is 10.1. The first-order chi connectivity index (χ1) is 6.84. The van der Waals surface area contributed by atoms with Crippen LogP contribution in [0.2, 0.25) is 0 Å². The van der Waals surface area contributed by atoms with Crippen molar-refractivity contribution in [3.63, 3.8) is 0 Å². The molecule has 2 rings (SSSR count). The number of rotatable bonds is 3. The molecule has 3 nitrogen and oxygen atoms in total. The van der Waals surface area contributed by atoms with Crippen molar-refractivity contribution in [3.05, 3.63) is 24.2 Å². The second-order valence-corrected chi connectivity index (χ2v) is 5.33. The molecule has 4 heteroatoms. The van der Waals surface area contributed by atoms with Crippen molar-refractivity contribution in [1.29, 1.82) is 0 Å². The van der Waals surface area contributed by atoms with Gasteiger partial charge in [0.2, 0.25) is 0 Å². The predicted molar refractivity (Wildman–Crippen MR) is 56.4 cm³/mol. The molecule has 0 atom stereocenters. The van der Waals surface area contributed by atoms with Gasteiger partial charge in [0.15, 0.2) is 0 Å². The largest absolute Gasteiger partial charge is 0.472 e. The van der Waals surface area contributed by atoms with Gasteiger partial charge in [-0.2, -0.15) is 0 Å². The van der Waals surface area contributed by atoms with Crippen LogP contribution in [-0.2, 0) is 17.3 Å². The maximum Gasteiger partial charge on any atom is 0.0947 e. The minimum Gasteiger partial charge on any atom is -0.472 e. The van der Waals surface area contributed by atoms with E-state index in [1.807, 2.05) is 6.07 Å². The molecule has 0 unspecified atom stereocenters. The zero-order valence-electron chi connectivity index (χ0n) is 8.07. The van der Waals surface area contributed by atoms with E-state index < -0.39 is 10.8 Å².